The first-order valence-electron chi connectivity index (χ1n) is 8.01. The van der Waals surface area contributed by atoms with Gasteiger partial charge in [0.1, 0.15) is 13.1 Å². The number of carbonyl (C=O) groups excluding carboxylic acids is 1. The van der Waals surface area contributed by atoms with E-state index in [-0.39, 0.29) is 12.1 Å². The third-order valence-corrected chi connectivity index (χ3v) is 4.00. The Morgan fingerprint density at radius 3 is 2.31 bits per heavy atom. The smallest absolute Gasteiger partial charge is 0.323 e. The van der Waals surface area contributed by atoms with Crippen molar-refractivity contribution in [3.63, 3.8) is 0 Å². The summed E-state index contributed by atoms with van der Waals surface area (Å²) in [7, 11) is 0. The van der Waals surface area contributed by atoms with Crippen LogP contribution in [0.3, 0.4) is 0 Å². The lowest BCUT2D eigenvalue weighted by Crippen LogP contribution is -2.40. The highest BCUT2D eigenvalue weighted by molar-refractivity contribution is 5.97. The van der Waals surface area contributed by atoms with Gasteiger partial charge in [-0.2, -0.15) is 5.10 Å². The van der Waals surface area contributed by atoms with Gasteiger partial charge in [-0.05, 0) is 25.1 Å². The third kappa shape index (κ3) is 3.46. The fourth-order valence-corrected chi connectivity index (χ4v) is 2.79. The minimum atomic E-state index is -1.14. The Balaban J connectivity index is 1.97. The molecule has 0 saturated carbocycles. The molecule has 132 valence electrons. The van der Waals surface area contributed by atoms with Crippen LogP contribution in [0.15, 0.2) is 59.4 Å². The molecule has 0 aliphatic heterocycles. The van der Waals surface area contributed by atoms with E-state index in [2.05, 4.69) is 5.10 Å². The molecule has 0 bridgehead atoms. The van der Waals surface area contributed by atoms with E-state index in [4.69, 9.17) is 5.11 Å². The molecule has 2 aromatic carbocycles. The number of aryl methyl sites for hydroxylation is 1. The molecular formula is C19H17N3O4. The second-order valence-corrected chi connectivity index (χ2v) is 5.80. The Morgan fingerprint density at radius 2 is 1.65 bits per heavy atom. The molecule has 7 heteroatoms. The van der Waals surface area contributed by atoms with Crippen molar-refractivity contribution in [2.45, 2.75) is 13.5 Å². The molecule has 0 spiro atoms. The largest absolute Gasteiger partial charge is 0.480 e. The maximum atomic E-state index is 12.7. The van der Waals surface area contributed by atoms with Crippen molar-refractivity contribution in [2.75, 3.05) is 11.4 Å². The fourth-order valence-electron chi connectivity index (χ4n) is 2.79. The first kappa shape index (κ1) is 17.3. The van der Waals surface area contributed by atoms with Crippen LogP contribution >= 0.6 is 0 Å². The van der Waals surface area contributed by atoms with Gasteiger partial charge in [-0.1, -0.05) is 36.4 Å². The van der Waals surface area contributed by atoms with Crippen LogP contribution in [0.2, 0.25) is 0 Å². The van der Waals surface area contributed by atoms with Crippen molar-refractivity contribution in [3.05, 3.63) is 70.6 Å². The van der Waals surface area contributed by atoms with Gasteiger partial charge in [0.25, 0.3) is 5.56 Å². The van der Waals surface area contributed by atoms with Gasteiger partial charge in [0.15, 0.2) is 0 Å². The van der Waals surface area contributed by atoms with E-state index >= 15 is 0 Å². The van der Waals surface area contributed by atoms with E-state index in [0.29, 0.717) is 16.8 Å². The molecule has 0 aliphatic rings. The minimum Gasteiger partial charge on any atom is -0.480 e. The van der Waals surface area contributed by atoms with Crippen LogP contribution in [0.5, 0.6) is 0 Å². The van der Waals surface area contributed by atoms with Crippen molar-refractivity contribution in [3.8, 4) is 0 Å². The molecule has 1 aromatic heterocycles. The standard InChI is InChI=1S/C19H17N3O4/c1-13-15-9-5-6-10-16(15)19(26)22(20-13)11-17(23)21(12-18(24)25)14-7-3-2-4-8-14/h2-10H,11-12H2,1H3,(H,24,25). The monoisotopic (exact) mass is 351 g/mol. The highest BCUT2D eigenvalue weighted by Crippen LogP contribution is 2.15. The van der Waals surface area contributed by atoms with E-state index in [1.165, 1.54) is 0 Å². The van der Waals surface area contributed by atoms with Crippen LogP contribution in [0.4, 0.5) is 5.69 Å². The van der Waals surface area contributed by atoms with Crippen LogP contribution in [0.1, 0.15) is 5.69 Å². The van der Waals surface area contributed by atoms with E-state index in [1.54, 1.807) is 55.5 Å². The lowest BCUT2D eigenvalue weighted by Gasteiger charge is -2.21. The average molecular weight is 351 g/mol. The van der Waals surface area contributed by atoms with Gasteiger partial charge in [-0.25, -0.2) is 4.68 Å². The number of anilines is 1. The first-order chi connectivity index (χ1) is 12.5. The van der Waals surface area contributed by atoms with E-state index in [9.17, 15) is 14.4 Å². The summed E-state index contributed by atoms with van der Waals surface area (Å²) in [6.45, 7) is 0.922. The van der Waals surface area contributed by atoms with Gasteiger partial charge in [-0.3, -0.25) is 19.3 Å². The van der Waals surface area contributed by atoms with Gasteiger partial charge < -0.3 is 5.11 Å². The summed E-state index contributed by atoms with van der Waals surface area (Å²) in [5.74, 6) is -1.67. The molecule has 3 rings (SSSR count). The van der Waals surface area contributed by atoms with Crippen molar-refractivity contribution >= 4 is 28.3 Å². The zero-order valence-electron chi connectivity index (χ0n) is 14.1. The van der Waals surface area contributed by atoms with Gasteiger partial charge in [0.05, 0.1) is 11.1 Å². The van der Waals surface area contributed by atoms with Gasteiger partial charge in [-0.15, -0.1) is 0 Å². The van der Waals surface area contributed by atoms with Crippen LogP contribution < -0.4 is 10.5 Å². The van der Waals surface area contributed by atoms with Crippen LogP contribution in [-0.4, -0.2) is 33.3 Å². The van der Waals surface area contributed by atoms with Crippen LogP contribution in [-0.2, 0) is 16.1 Å². The van der Waals surface area contributed by atoms with Crippen LogP contribution in [0, 0.1) is 6.92 Å². The number of carboxylic acids is 1. The molecule has 0 unspecified atom stereocenters. The Kier molecular flexibility index (Phi) is 4.79. The lowest BCUT2D eigenvalue weighted by atomic mass is 10.1. The van der Waals surface area contributed by atoms with E-state index < -0.39 is 18.4 Å². The Hall–Kier alpha value is -3.48. The summed E-state index contributed by atoms with van der Waals surface area (Å²) in [5, 5.41) is 14.5. The number of hydrogen-bond acceptors (Lipinski definition) is 4. The molecule has 0 atom stereocenters. The number of hydrogen-bond donors (Lipinski definition) is 1. The Labute approximate surface area is 149 Å². The van der Waals surface area contributed by atoms with Gasteiger partial charge in [0, 0.05) is 11.1 Å². The molecule has 0 aliphatic carbocycles. The molecule has 1 heterocycles. The van der Waals surface area contributed by atoms with Crippen molar-refractivity contribution in [1.29, 1.82) is 0 Å². The molecular weight excluding hydrogens is 334 g/mol. The number of para-hydroxylation sites is 1. The van der Waals surface area contributed by atoms with E-state index in [1.807, 2.05) is 6.07 Å². The van der Waals surface area contributed by atoms with Gasteiger partial charge in [0.2, 0.25) is 5.91 Å². The second kappa shape index (κ2) is 7.18. The number of nitrogens with zero attached hydrogens (tertiary/aromatic N) is 3. The number of amides is 1. The molecule has 7 nitrogen and oxygen atoms in total. The van der Waals surface area contributed by atoms with Gasteiger partial charge >= 0.3 is 5.97 Å². The number of carboxylic acid groups (broad SMARTS) is 1. The number of rotatable bonds is 5. The van der Waals surface area contributed by atoms with Crippen molar-refractivity contribution in [1.82, 2.24) is 9.78 Å². The summed E-state index contributed by atoms with van der Waals surface area (Å²) in [6, 6.07) is 15.5. The fraction of sp³-hybridized carbons (Fsp3) is 0.158. The quantitative estimate of drug-likeness (QED) is 0.757. The Bertz CT molecular complexity index is 1030. The normalized spacial score (nSPS) is 10.7. The molecule has 0 radical (unpaired) electrons. The molecule has 3 aromatic rings. The summed E-state index contributed by atoms with van der Waals surface area (Å²) in [6.07, 6.45) is 0. The van der Waals surface area contributed by atoms with Crippen LogP contribution in [0.25, 0.3) is 10.8 Å². The Morgan fingerprint density at radius 1 is 1.04 bits per heavy atom. The summed E-state index contributed by atoms with van der Waals surface area (Å²) in [4.78, 5) is 37.6. The third-order valence-electron chi connectivity index (χ3n) is 4.00. The highest BCUT2D eigenvalue weighted by Gasteiger charge is 2.20. The lowest BCUT2D eigenvalue weighted by molar-refractivity contribution is -0.136. The number of aliphatic carboxylic acids is 1. The minimum absolute atomic E-state index is 0.341. The SMILES string of the molecule is Cc1nn(CC(=O)N(CC(=O)O)c2ccccc2)c(=O)c2ccccc12. The van der Waals surface area contributed by atoms with E-state index in [0.717, 1.165) is 15.0 Å². The maximum absolute atomic E-state index is 12.7. The second-order valence-electron chi connectivity index (χ2n) is 5.80. The van der Waals surface area contributed by atoms with Crippen molar-refractivity contribution < 1.29 is 14.7 Å². The molecule has 1 amide bonds. The topological polar surface area (TPSA) is 92.5 Å². The average Bonchev–Trinajstić information content (AvgIpc) is 2.64. The summed E-state index contributed by atoms with van der Waals surface area (Å²) < 4.78 is 1.08. The number of aromatic nitrogens is 2. The number of fused-ring (bicyclic) bond motifs is 1. The summed E-state index contributed by atoms with van der Waals surface area (Å²) >= 11 is 0. The molecule has 1 N–H and O–H groups in total. The number of carbonyl (C=O) groups is 2. The van der Waals surface area contributed by atoms with Crippen molar-refractivity contribution in [2.24, 2.45) is 0 Å². The molecule has 26 heavy (non-hydrogen) atoms. The zero-order valence-corrected chi connectivity index (χ0v) is 14.1. The molecule has 0 fully saturated rings. The maximum Gasteiger partial charge on any atom is 0.323 e. The number of benzene rings is 2. The zero-order chi connectivity index (χ0) is 18.7. The molecule has 0 saturated heterocycles. The summed E-state index contributed by atoms with van der Waals surface area (Å²) in [5.41, 5.74) is 0.686. The first-order valence-corrected chi connectivity index (χ1v) is 8.01. The predicted octanol–water partition coefficient (Wildman–Crippen LogP) is 1.82. The highest BCUT2D eigenvalue weighted by atomic mass is 16.4. The predicted molar refractivity (Wildman–Crippen MR) is 97.2 cm³/mol.